The molecule has 0 saturated heterocycles. The van der Waals surface area contributed by atoms with Crippen LogP contribution < -0.4 is 11.1 Å². The molecule has 0 radical (unpaired) electrons. The predicted molar refractivity (Wildman–Crippen MR) is 66.2 cm³/mol. The van der Waals surface area contributed by atoms with Gasteiger partial charge in [-0.25, -0.2) is 0 Å². The van der Waals surface area contributed by atoms with E-state index in [4.69, 9.17) is 5.73 Å². The Hall–Kier alpha value is -1.42. The van der Waals surface area contributed by atoms with Crippen LogP contribution in [0.1, 0.15) is 5.56 Å². The van der Waals surface area contributed by atoms with Crippen molar-refractivity contribution in [2.75, 3.05) is 5.32 Å². The van der Waals surface area contributed by atoms with E-state index in [1.807, 2.05) is 5.32 Å². The fraction of sp³-hybridized carbons (Fsp3) is 0.125. The van der Waals surface area contributed by atoms with Crippen LogP contribution in [0.15, 0.2) is 16.6 Å². The number of thiocarbonyl (C=S) groups is 1. The number of nitro groups is 1. The minimum Gasteiger partial charge on any atom is -0.376 e. The van der Waals surface area contributed by atoms with Gasteiger partial charge in [0, 0.05) is 10.5 Å². The van der Waals surface area contributed by atoms with E-state index in [2.05, 4.69) is 28.1 Å². The summed E-state index contributed by atoms with van der Waals surface area (Å²) in [6, 6.07) is 1.63. The molecular formula is C8H5BrF3N3O2S. The van der Waals surface area contributed by atoms with Gasteiger partial charge < -0.3 is 11.1 Å². The number of benzene rings is 1. The summed E-state index contributed by atoms with van der Waals surface area (Å²) < 4.78 is 38.2. The maximum atomic E-state index is 12.8. The average Bonchev–Trinajstić information content (AvgIpc) is 2.17. The van der Waals surface area contributed by atoms with Gasteiger partial charge in [-0.1, -0.05) is 15.9 Å². The van der Waals surface area contributed by atoms with Crippen LogP contribution in [0.3, 0.4) is 0 Å². The maximum Gasteiger partial charge on any atom is 0.418 e. The highest BCUT2D eigenvalue weighted by Crippen LogP contribution is 2.41. The molecule has 1 rings (SSSR count). The molecule has 0 aliphatic carbocycles. The second-order valence-corrected chi connectivity index (χ2v) is 4.45. The van der Waals surface area contributed by atoms with Crippen LogP contribution >= 0.6 is 28.1 Å². The zero-order chi connectivity index (χ0) is 14.1. The SMILES string of the molecule is NC(=S)Nc1c([N+](=O)[O-])cc(Br)cc1C(F)(F)F. The van der Waals surface area contributed by atoms with Crippen LogP contribution in [0.2, 0.25) is 0 Å². The average molecular weight is 344 g/mol. The highest BCUT2D eigenvalue weighted by Gasteiger charge is 2.37. The van der Waals surface area contributed by atoms with Gasteiger partial charge in [0.25, 0.3) is 5.69 Å². The summed E-state index contributed by atoms with van der Waals surface area (Å²) in [4.78, 5) is 9.77. The fourth-order valence-electron chi connectivity index (χ4n) is 1.21. The lowest BCUT2D eigenvalue weighted by Crippen LogP contribution is -2.22. The van der Waals surface area contributed by atoms with Gasteiger partial charge in [-0.15, -0.1) is 0 Å². The first-order chi connectivity index (χ1) is 8.12. The molecule has 0 spiro atoms. The minimum absolute atomic E-state index is 0.0741. The highest BCUT2D eigenvalue weighted by atomic mass is 79.9. The van der Waals surface area contributed by atoms with Gasteiger partial charge in [-0.05, 0) is 18.3 Å². The molecule has 0 aliphatic heterocycles. The largest absolute Gasteiger partial charge is 0.418 e. The summed E-state index contributed by atoms with van der Waals surface area (Å²) in [5.74, 6) is 0. The van der Waals surface area contributed by atoms with E-state index in [9.17, 15) is 23.3 Å². The van der Waals surface area contributed by atoms with Crippen LogP contribution in [-0.2, 0) is 6.18 Å². The van der Waals surface area contributed by atoms with Crippen molar-refractivity contribution in [3.05, 3.63) is 32.3 Å². The molecule has 0 aliphatic rings. The highest BCUT2D eigenvalue weighted by molar-refractivity contribution is 9.10. The Bertz CT molecular complexity index is 521. The fourth-order valence-corrected chi connectivity index (χ4v) is 1.76. The van der Waals surface area contributed by atoms with Crippen molar-refractivity contribution in [2.45, 2.75) is 6.18 Å². The van der Waals surface area contributed by atoms with E-state index in [1.54, 1.807) is 0 Å². The molecule has 0 heterocycles. The van der Waals surface area contributed by atoms with Crippen molar-refractivity contribution >= 4 is 44.6 Å². The van der Waals surface area contributed by atoms with E-state index >= 15 is 0 Å². The molecule has 98 valence electrons. The summed E-state index contributed by atoms with van der Waals surface area (Å²) in [7, 11) is 0. The molecular weight excluding hydrogens is 339 g/mol. The number of nitro benzene ring substituents is 1. The molecule has 18 heavy (non-hydrogen) atoms. The van der Waals surface area contributed by atoms with Crippen molar-refractivity contribution in [1.29, 1.82) is 0 Å². The summed E-state index contributed by atoms with van der Waals surface area (Å²) >= 11 is 7.18. The lowest BCUT2D eigenvalue weighted by atomic mass is 10.1. The normalized spacial score (nSPS) is 11.1. The third kappa shape index (κ3) is 3.29. The molecule has 10 heteroatoms. The van der Waals surface area contributed by atoms with Crippen LogP contribution in [0.25, 0.3) is 0 Å². The van der Waals surface area contributed by atoms with Crippen molar-refractivity contribution in [1.82, 2.24) is 0 Å². The Labute approximate surface area is 112 Å². The molecule has 0 amide bonds. The van der Waals surface area contributed by atoms with Crippen LogP contribution in [0.4, 0.5) is 24.5 Å². The zero-order valence-corrected chi connectivity index (χ0v) is 10.8. The first-order valence-electron chi connectivity index (χ1n) is 4.24. The Morgan fingerprint density at radius 1 is 1.50 bits per heavy atom. The molecule has 0 fully saturated rings. The zero-order valence-electron chi connectivity index (χ0n) is 8.42. The number of alkyl halides is 3. The second kappa shape index (κ2) is 5.06. The number of halogens is 4. The van der Waals surface area contributed by atoms with Crippen LogP contribution in [-0.4, -0.2) is 10.0 Å². The summed E-state index contributed by atoms with van der Waals surface area (Å²) in [6.07, 6.45) is -4.78. The Balaban J connectivity index is 3.57. The molecule has 0 bridgehead atoms. The third-order valence-electron chi connectivity index (χ3n) is 1.83. The Kier molecular flexibility index (Phi) is 4.12. The molecule has 0 saturated carbocycles. The quantitative estimate of drug-likeness (QED) is 0.490. The van der Waals surface area contributed by atoms with E-state index < -0.39 is 33.2 Å². The van der Waals surface area contributed by atoms with Crippen molar-refractivity contribution in [3.8, 4) is 0 Å². The number of rotatable bonds is 2. The van der Waals surface area contributed by atoms with Gasteiger partial charge in [0.05, 0.1) is 10.5 Å². The molecule has 0 aromatic heterocycles. The standard InChI is InChI=1S/C8H5BrF3N3O2S/c9-3-1-4(8(10,11)12)6(14-7(13)18)5(2-3)15(16)17/h1-2H,(H3,13,14,18). The third-order valence-corrected chi connectivity index (χ3v) is 2.39. The van der Waals surface area contributed by atoms with E-state index in [0.717, 1.165) is 6.07 Å². The molecule has 3 N–H and O–H groups in total. The van der Waals surface area contributed by atoms with Crippen LogP contribution in [0, 0.1) is 10.1 Å². The van der Waals surface area contributed by atoms with Crippen molar-refractivity contribution < 1.29 is 18.1 Å². The number of nitrogens with one attached hydrogen (secondary N) is 1. The van der Waals surface area contributed by atoms with Gasteiger partial charge in [-0.2, -0.15) is 13.2 Å². The van der Waals surface area contributed by atoms with Crippen LogP contribution in [0.5, 0.6) is 0 Å². The van der Waals surface area contributed by atoms with Gasteiger partial charge in [0.15, 0.2) is 5.11 Å². The van der Waals surface area contributed by atoms with E-state index in [-0.39, 0.29) is 4.47 Å². The Morgan fingerprint density at radius 2 is 2.06 bits per heavy atom. The summed E-state index contributed by atoms with van der Waals surface area (Å²) in [6.45, 7) is 0. The smallest absolute Gasteiger partial charge is 0.376 e. The number of nitrogens with two attached hydrogens (primary N) is 1. The molecule has 0 unspecified atom stereocenters. The monoisotopic (exact) mass is 343 g/mol. The first-order valence-corrected chi connectivity index (χ1v) is 5.44. The number of hydrogen-bond donors (Lipinski definition) is 2. The summed E-state index contributed by atoms with van der Waals surface area (Å²) in [5, 5.41) is 12.2. The number of anilines is 1. The maximum absolute atomic E-state index is 12.8. The molecule has 1 aromatic rings. The number of nitrogens with zero attached hydrogens (tertiary/aromatic N) is 1. The van der Waals surface area contributed by atoms with E-state index in [0.29, 0.717) is 6.07 Å². The predicted octanol–water partition coefficient (Wildman–Crippen LogP) is 3.03. The first kappa shape index (κ1) is 14.6. The van der Waals surface area contributed by atoms with Gasteiger partial charge in [0.2, 0.25) is 0 Å². The van der Waals surface area contributed by atoms with Crippen molar-refractivity contribution in [3.63, 3.8) is 0 Å². The summed E-state index contributed by atoms with van der Waals surface area (Å²) in [5.41, 5.74) is 2.29. The van der Waals surface area contributed by atoms with Gasteiger partial charge in [0.1, 0.15) is 5.69 Å². The topological polar surface area (TPSA) is 81.2 Å². The van der Waals surface area contributed by atoms with Gasteiger partial charge in [-0.3, -0.25) is 10.1 Å². The lowest BCUT2D eigenvalue weighted by Gasteiger charge is -2.14. The lowest BCUT2D eigenvalue weighted by molar-refractivity contribution is -0.384. The molecule has 0 atom stereocenters. The number of hydrogen-bond acceptors (Lipinski definition) is 3. The van der Waals surface area contributed by atoms with E-state index in [1.165, 1.54) is 0 Å². The minimum atomic E-state index is -4.78. The molecule has 5 nitrogen and oxygen atoms in total. The van der Waals surface area contributed by atoms with Gasteiger partial charge >= 0.3 is 6.18 Å². The van der Waals surface area contributed by atoms with Crippen molar-refractivity contribution in [2.24, 2.45) is 5.73 Å². The molecule has 1 aromatic carbocycles. The second-order valence-electron chi connectivity index (χ2n) is 3.09. The Morgan fingerprint density at radius 3 is 2.44 bits per heavy atom.